The number of para-hydroxylation sites is 3. The molecule has 11 aromatic rings. The van der Waals surface area contributed by atoms with Crippen LogP contribution in [0.15, 0.2) is 192 Å². The fourth-order valence-electron chi connectivity index (χ4n) is 9.31. The second kappa shape index (κ2) is 15.2. The van der Waals surface area contributed by atoms with Gasteiger partial charge in [0.05, 0.1) is 11.0 Å². The molecule has 0 aliphatic carbocycles. The van der Waals surface area contributed by atoms with Crippen LogP contribution in [0.3, 0.4) is 0 Å². The van der Waals surface area contributed by atoms with E-state index < -0.39 is 0 Å². The molecule has 1 atom stereocenters. The average Bonchev–Trinajstić information content (AvgIpc) is 3.88. The Kier molecular flexibility index (Phi) is 9.08. The Labute approximate surface area is 354 Å². The number of benzene rings is 8. The summed E-state index contributed by atoms with van der Waals surface area (Å²) in [7, 11) is 0. The van der Waals surface area contributed by atoms with E-state index in [0.29, 0.717) is 23.4 Å². The van der Waals surface area contributed by atoms with Gasteiger partial charge in [-0.1, -0.05) is 159 Å². The Balaban J connectivity index is 0.952. The SMILES string of the molecule is CCC(Cc1ccccc1-c1ccc2c(c1C)c1ccccc1n2-c1ccccc1)c1ccc(-c2nc(-c3ccccc3)nc(-c3cccc4oc5ccccc5c34)n2)cc1. The summed E-state index contributed by atoms with van der Waals surface area (Å²) in [4.78, 5) is 15.3. The van der Waals surface area contributed by atoms with Crippen LogP contribution in [0.1, 0.15) is 36.0 Å². The van der Waals surface area contributed by atoms with Crippen LogP contribution in [0.5, 0.6) is 0 Å². The van der Waals surface area contributed by atoms with Gasteiger partial charge in [0, 0.05) is 43.9 Å². The van der Waals surface area contributed by atoms with Gasteiger partial charge in [-0.05, 0) is 89.9 Å². The van der Waals surface area contributed by atoms with E-state index in [1.165, 1.54) is 55.3 Å². The first kappa shape index (κ1) is 36.4. The molecule has 0 aliphatic rings. The fraction of sp³-hybridized carbons (Fsp3) is 0.0893. The van der Waals surface area contributed by atoms with Gasteiger partial charge < -0.3 is 8.98 Å². The summed E-state index contributed by atoms with van der Waals surface area (Å²) < 4.78 is 8.64. The molecule has 0 radical (unpaired) electrons. The largest absolute Gasteiger partial charge is 0.456 e. The minimum Gasteiger partial charge on any atom is -0.456 e. The lowest BCUT2D eigenvalue weighted by atomic mass is 9.85. The summed E-state index contributed by atoms with van der Waals surface area (Å²) in [5.74, 6) is 2.21. The van der Waals surface area contributed by atoms with E-state index in [0.717, 1.165) is 51.5 Å². The molecule has 0 bridgehead atoms. The Bertz CT molecular complexity index is 3380. The van der Waals surface area contributed by atoms with Crippen molar-refractivity contribution in [2.75, 3.05) is 0 Å². The lowest BCUT2D eigenvalue weighted by Crippen LogP contribution is -2.04. The lowest BCUT2D eigenvalue weighted by molar-refractivity contribution is 0.661. The Morgan fingerprint density at radius 1 is 0.475 bits per heavy atom. The number of aryl methyl sites for hydroxylation is 1. The summed E-state index contributed by atoms with van der Waals surface area (Å²) >= 11 is 0. The van der Waals surface area contributed by atoms with Crippen LogP contribution in [0.25, 0.3) is 94.7 Å². The third-order valence-electron chi connectivity index (χ3n) is 12.3. The predicted octanol–water partition coefficient (Wildman–Crippen LogP) is 14.6. The first-order valence-corrected chi connectivity index (χ1v) is 21.1. The molecule has 0 spiro atoms. The van der Waals surface area contributed by atoms with Crippen molar-refractivity contribution in [1.82, 2.24) is 19.5 Å². The van der Waals surface area contributed by atoms with Crippen molar-refractivity contribution in [2.24, 2.45) is 0 Å². The first-order valence-electron chi connectivity index (χ1n) is 21.1. The average molecular weight is 787 g/mol. The van der Waals surface area contributed by atoms with Gasteiger partial charge in [-0.2, -0.15) is 0 Å². The van der Waals surface area contributed by atoms with Gasteiger partial charge in [0.25, 0.3) is 0 Å². The van der Waals surface area contributed by atoms with E-state index >= 15 is 0 Å². The number of nitrogens with zero attached hydrogens (tertiary/aromatic N) is 4. The van der Waals surface area contributed by atoms with Gasteiger partial charge in [-0.25, -0.2) is 15.0 Å². The van der Waals surface area contributed by atoms with Crippen molar-refractivity contribution >= 4 is 43.7 Å². The van der Waals surface area contributed by atoms with E-state index in [1.54, 1.807) is 0 Å². The van der Waals surface area contributed by atoms with Crippen LogP contribution in [0, 0.1) is 6.92 Å². The Morgan fingerprint density at radius 2 is 1.10 bits per heavy atom. The summed E-state index contributed by atoms with van der Waals surface area (Å²) in [6.45, 7) is 4.58. The van der Waals surface area contributed by atoms with Gasteiger partial charge in [0.2, 0.25) is 0 Å². The van der Waals surface area contributed by atoms with E-state index in [-0.39, 0.29) is 0 Å². The number of hydrogen-bond acceptors (Lipinski definition) is 4. The van der Waals surface area contributed by atoms with Crippen LogP contribution in [0.4, 0.5) is 0 Å². The molecule has 3 heterocycles. The molecule has 5 heteroatoms. The first-order chi connectivity index (χ1) is 30.1. The zero-order valence-corrected chi connectivity index (χ0v) is 34.1. The number of furan rings is 1. The van der Waals surface area contributed by atoms with Gasteiger partial charge in [-0.15, -0.1) is 0 Å². The molecule has 11 rings (SSSR count). The quantitative estimate of drug-likeness (QED) is 0.146. The highest BCUT2D eigenvalue weighted by atomic mass is 16.3. The molecule has 0 amide bonds. The predicted molar refractivity (Wildman–Crippen MR) is 251 cm³/mol. The van der Waals surface area contributed by atoms with Gasteiger partial charge in [-0.3, -0.25) is 0 Å². The number of rotatable bonds is 9. The number of fused-ring (bicyclic) bond motifs is 6. The summed E-state index contributed by atoms with van der Waals surface area (Å²) in [6, 6.07) is 66.3. The number of aromatic nitrogens is 4. The third-order valence-corrected chi connectivity index (χ3v) is 12.3. The molecule has 0 fully saturated rings. The monoisotopic (exact) mass is 786 g/mol. The lowest BCUT2D eigenvalue weighted by Gasteiger charge is -2.20. The highest BCUT2D eigenvalue weighted by Crippen LogP contribution is 2.41. The van der Waals surface area contributed by atoms with Crippen molar-refractivity contribution in [3.05, 3.63) is 205 Å². The normalized spacial score (nSPS) is 12.2. The molecule has 0 aliphatic heterocycles. The topological polar surface area (TPSA) is 56.7 Å². The smallest absolute Gasteiger partial charge is 0.164 e. The van der Waals surface area contributed by atoms with Gasteiger partial charge >= 0.3 is 0 Å². The van der Waals surface area contributed by atoms with Crippen LogP contribution < -0.4 is 0 Å². The molecule has 61 heavy (non-hydrogen) atoms. The van der Waals surface area contributed by atoms with Crippen LogP contribution >= 0.6 is 0 Å². The van der Waals surface area contributed by atoms with E-state index in [4.69, 9.17) is 19.4 Å². The minimum atomic E-state index is 0.319. The molecule has 5 nitrogen and oxygen atoms in total. The highest BCUT2D eigenvalue weighted by molar-refractivity contribution is 6.13. The fourth-order valence-corrected chi connectivity index (χ4v) is 9.31. The van der Waals surface area contributed by atoms with Gasteiger partial charge in [0.15, 0.2) is 17.5 Å². The van der Waals surface area contributed by atoms with Crippen molar-refractivity contribution in [3.63, 3.8) is 0 Å². The molecular weight excluding hydrogens is 745 g/mol. The molecule has 8 aromatic carbocycles. The standard InChI is InChI=1S/C56H42N4O/c1-3-37(35-41-19-10-11-22-44(41)43-33-34-49-52(36(43)2)45-23-12-14-26-48(45)60(49)42-20-8-5-9-21-42)38-29-31-40(32-30-38)55-57-54(39-17-6-4-7-18-39)58-56(59-55)47-25-16-28-51-53(47)46-24-13-15-27-50(46)61-51/h4-34,37H,3,35H2,1-2H3. The summed E-state index contributed by atoms with van der Waals surface area (Å²) in [6.07, 6.45) is 1.93. The second-order valence-electron chi connectivity index (χ2n) is 15.9. The zero-order valence-electron chi connectivity index (χ0n) is 34.1. The van der Waals surface area contributed by atoms with E-state index in [9.17, 15) is 0 Å². The third kappa shape index (κ3) is 6.37. The molecule has 292 valence electrons. The molecule has 0 saturated heterocycles. The Morgan fingerprint density at radius 3 is 1.89 bits per heavy atom. The summed E-state index contributed by atoms with van der Waals surface area (Å²) in [5.41, 5.74) is 14.6. The maximum atomic E-state index is 6.25. The molecular formula is C56H42N4O. The zero-order chi connectivity index (χ0) is 40.9. The van der Waals surface area contributed by atoms with Crippen molar-refractivity contribution in [3.8, 4) is 51.0 Å². The Hall–Kier alpha value is -7.63. The minimum absolute atomic E-state index is 0.319. The van der Waals surface area contributed by atoms with Crippen molar-refractivity contribution < 1.29 is 4.42 Å². The molecule has 3 aromatic heterocycles. The second-order valence-corrected chi connectivity index (χ2v) is 15.9. The molecule has 1 unspecified atom stereocenters. The van der Waals surface area contributed by atoms with Crippen LogP contribution in [0.2, 0.25) is 0 Å². The highest BCUT2D eigenvalue weighted by Gasteiger charge is 2.21. The maximum Gasteiger partial charge on any atom is 0.164 e. The van der Waals surface area contributed by atoms with Crippen molar-refractivity contribution in [2.45, 2.75) is 32.6 Å². The van der Waals surface area contributed by atoms with Crippen LogP contribution in [-0.4, -0.2) is 19.5 Å². The van der Waals surface area contributed by atoms with Gasteiger partial charge in [0.1, 0.15) is 11.2 Å². The van der Waals surface area contributed by atoms with E-state index in [2.05, 4.69) is 146 Å². The number of hydrogen-bond donors (Lipinski definition) is 0. The van der Waals surface area contributed by atoms with Crippen molar-refractivity contribution in [1.29, 1.82) is 0 Å². The van der Waals surface area contributed by atoms with Crippen LogP contribution in [-0.2, 0) is 6.42 Å². The molecule has 0 saturated carbocycles. The van der Waals surface area contributed by atoms with E-state index in [1.807, 2.05) is 60.7 Å². The maximum absolute atomic E-state index is 6.25. The summed E-state index contributed by atoms with van der Waals surface area (Å²) in [5, 5.41) is 4.63. The molecule has 0 N–H and O–H groups in total.